The van der Waals surface area contributed by atoms with E-state index in [9.17, 15) is 13.2 Å². The van der Waals surface area contributed by atoms with Crippen molar-refractivity contribution in [2.45, 2.75) is 47.0 Å². The third-order valence-corrected chi connectivity index (χ3v) is 5.81. The molecule has 1 aromatic heterocycles. The first kappa shape index (κ1) is 27.8. The Labute approximate surface area is 199 Å². The van der Waals surface area contributed by atoms with Gasteiger partial charge in [0.25, 0.3) is 5.91 Å². The van der Waals surface area contributed by atoms with Crippen LogP contribution in [0.25, 0.3) is 0 Å². The third kappa shape index (κ3) is 7.41. The van der Waals surface area contributed by atoms with Crippen molar-refractivity contribution in [3.05, 3.63) is 46.9 Å². The zero-order valence-electron chi connectivity index (χ0n) is 19.6. The number of hydrogen-bond acceptors (Lipinski definition) is 7. The molecule has 1 heterocycles. The molecule has 33 heavy (non-hydrogen) atoms. The number of nitrogen functional groups attached to an aromatic ring is 1. The number of nitrogens with zero attached hydrogens (tertiary/aromatic N) is 1. The van der Waals surface area contributed by atoms with Crippen LogP contribution in [0.2, 0.25) is 0 Å². The van der Waals surface area contributed by atoms with Gasteiger partial charge in [-0.25, -0.2) is 17.8 Å². The Hall–Kier alpha value is -3.21. The molecule has 2 rings (SSSR count). The monoisotopic (exact) mass is 487 g/mol. The van der Waals surface area contributed by atoms with Crippen molar-refractivity contribution in [3.8, 4) is 0 Å². The van der Waals surface area contributed by atoms with Crippen LogP contribution in [-0.2, 0) is 21.2 Å². The first-order valence-corrected chi connectivity index (χ1v) is 12.3. The molecule has 1 aromatic carbocycles. The Balaban J connectivity index is -0.00000212. The van der Waals surface area contributed by atoms with Crippen molar-refractivity contribution in [1.82, 2.24) is 4.98 Å². The number of nitrogens with one attached hydrogen (secondary N) is 3. The Kier molecular flexibility index (Phi) is 10.7. The van der Waals surface area contributed by atoms with Crippen LogP contribution in [0.5, 0.6) is 0 Å². The van der Waals surface area contributed by atoms with Crippen LogP contribution in [-0.4, -0.2) is 38.1 Å². The summed E-state index contributed by atoms with van der Waals surface area (Å²) in [5.41, 5.74) is 5.94. The van der Waals surface area contributed by atoms with Crippen LogP contribution in [0, 0.1) is 11.2 Å². The molecule has 1 amide bonds. The van der Waals surface area contributed by atoms with Gasteiger partial charge in [0.2, 0.25) is 15.9 Å². The van der Waals surface area contributed by atoms with Gasteiger partial charge in [-0.15, -0.1) is 0 Å². The number of rotatable bonds is 9. The average Bonchev–Trinajstić information content (AvgIpc) is 2.78. The van der Waals surface area contributed by atoms with E-state index < -0.39 is 21.7 Å². The highest BCUT2D eigenvalue weighted by atomic mass is 32.2. The predicted octanol–water partition coefficient (Wildman–Crippen LogP) is 4.90. The summed E-state index contributed by atoms with van der Waals surface area (Å²) >= 11 is 0. The number of benzene rings is 1. The predicted molar refractivity (Wildman–Crippen MR) is 136 cm³/mol. The number of nitrogens with two attached hydrogens (primary N) is 1. The summed E-state index contributed by atoms with van der Waals surface area (Å²) in [6.45, 7) is 7.57. The zero-order valence-corrected chi connectivity index (χ0v) is 20.4. The molecule has 0 radical (unpaired) electrons. The van der Waals surface area contributed by atoms with Crippen LogP contribution in [0.15, 0.2) is 24.4 Å². The number of halogens is 1. The number of carbonyl (C=O) groups excluding carboxylic acids is 1. The van der Waals surface area contributed by atoms with Gasteiger partial charge in [-0.2, -0.15) is 0 Å². The van der Waals surface area contributed by atoms with Crippen LogP contribution in [0.3, 0.4) is 0 Å². The first-order valence-electron chi connectivity index (χ1n) is 10.6. The molecule has 11 heteroatoms. The number of sulfonamides is 1. The first-order chi connectivity index (χ1) is 15.6. The lowest BCUT2D eigenvalue weighted by Crippen LogP contribution is -2.21. The Morgan fingerprint density at radius 1 is 1.27 bits per heavy atom. The van der Waals surface area contributed by atoms with E-state index >= 15 is 4.39 Å². The Bertz CT molecular complexity index is 1110. The zero-order chi connectivity index (χ0) is 25.2. The highest BCUT2D eigenvalue weighted by Gasteiger charge is 2.23. The molecular weight excluding hydrogens is 449 g/mol. The number of anilines is 3. The average molecular weight is 488 g/mol. The third-order valence-electron chi connectivity index (χ3n) is 4.34. The minimum atomic E-state index is -3.74. The normalized spacial score (nSPS) is 10.6. The van der Waals surface area contributed by atoms with Gasteiger partial charge < -0.3 is 15.8 Å². The fraction of sp³-hybridized carbons (Fsp3) is 0.409. The molecule has 2 aromatic rings. The minimum absolute atomic E-state index is 0. The van der Waals surface area contributed by atoms with Crippen molar-refractivity contribution < 1.29 is 26.6 Å². The van der Waals surface area contributed by atoms with Gasteiger partial charge in [-0.05, 0) is 30.5 Å². The number of carbonyl (C=O) groups is 1. The lowest BCUT2D eigenvalue weighted by molar-refractivity contribution is 0.102. The van der Waals surface area contributed by atoms with E-state index in [0.29, 0.717) is 24.8 Å². The lowest BCUT2D eigenvalue weighted by Gasteiger charge is -2.15. The smallest absolute Gasteiger partial charge is 0.259 e. The van der Waals surface area contributed by atoms with Crippen molar-refractivity contribution in [1.29, 1.82) is 5.41 Å². The number of aromatic nitrogens is 1. The van der Waals surface area contributed by atoms with Crippen molar-refractivity contribution in [3.63, 3.8) is 0 Å². The fourth-order valence-corrected chi connectivity index (χ4v) is 4.07. The molecule has 0 aliphatic carbocycles. The van der Waals surface area contributed by atoms with Crippen molar-refractivity contribution in [2.75, 3.05) is 28.6 Å². The molecule has 5 N–H and O–H groups in total. The quantitative estimate of drug-likeness (QED) is 0.292. The molecule has 0 atom stereocenters. The maximum absolute atomic E-state index is 15.2. The second-order valence-corrected chi connectivity index (χ2v) is 8.62. The number of methoxy groups -OCH3 is 1. The van der Waals surface area contributed by atoms with Gasteiger partial charge in [0.15, 0.2) is 5.82 Å². The van der Waals surface area contributed by atoms with E-state index in [1.165, 1.54) is 31.5 Å². The molecule has 0 saturated heterocycles. The summed E-state index contributed by atoms with van der Waals surface area (Å²) in [6, 6.07) is 4.23. The second kappa shape index (κ2) is 12.7. The standard InChI is InChI=1S/C20H26FN5O4S.C2H6.3H2/c1-4-6-12-7-8-15(26-31(28,29)9-5-2)17(21)16(12)20(27)25-13-10-14(19(23)30-3)18(22)24-11-13;1-2;;;/h7-8,10-11,23,26H,4-6,9H2,1-3H3,(H2,22,24)(H,25,27);1-2H3;3*1H. The number of amides is 1. The molecule has 0 fully saturated rings. The van der Waals surface area contributed by atoms with Crippen LogP contribution in [0.4, 0.5) is 21.6 Å². The van der Waals surface area contributed by atoms with Gasteiger partial charge in [0.1, 0.15) is 5.82 Å². The van der Waals surface area contributed by atoms with Crippen LogP contribution in [0.1, 0.15) is 66.3 Å². The van der Waals surface area contributed by atoms with Gasteiger partial charge in [-0.1, -0.05) is 40.2 Å². The highest BCUT2D eigenvalue weighted by Crippen LogP contribution is 2.26. The van der Waals surface area contributed by atoms with E-state index in [2.05, 4.69) is 15.0 Å². The summed E-state index contributed by atoms with van der Waals surface area (Å²) < 4.78 is 46.4. The number of ether oxygens (including phenoxy) is 1. The maximum atomic E-state index is 15.2. The summed E-state index contributed by atoms with van der Waals surface area (Å²) in [7, 11) is -2.44. The maximum Gasteiger partial charge on any atom is 0.259 e. The minimum Gasteiger partial charge on any atom is -0.481 e. The molecule has 0 saturated carbocycles. The fourth-order valence-electron chi connectivity index (χ4n) is 2.93. The number of pyridine rings is 1. The van der Waals surface area contributed by atoms with Crippen molar-refractivity contribution >= 4 is 39.0 Å². The molecule has 0 spiro atoms. The van der Waals surface area contributed by atoms with E-state index in [0.717, 1.165) is 0 Å². The van der Waals surface area contributed by atoms with E-state index in [1.54, 1.807) is 6.92 Å². The van der Waals surface area contributed by atoms with E-state index in [1.807, 2.05) is 20.8 Å². The van der Waals surface area contributed by atoms with E-state index in [-0.39, 0.29) is 44.3 Å². The topological polar surface area (TPSA) is 147 Å². The SMILES string of the molecule is CC.CCCc1ccc(NS(=O)(=O)CCC)c(F)c1C(=O)Nc1cnc(N)c(C(=N)OC)c1.[HH].[HH].[HH]. The van der Waals surface area contributed by atoms with Crippen LogP contribution < -0.4 is 15.8 Å². The summed E-state index contributed by atoms with van der Waals surface area (Å²) in [6.07, 6.45) is 2.70. The van der Waals surface area contributed by atoms with Gasteiger partial charge in [0.05, 0.1) is 41.6 Å². The van der Waals surface area contributed by atoms with Gasteiger partial charge in [-0.3, -0.25) is 14.9 Å². The molecule has 0 aliphatic rings. The number of aryl methyl sites for hydroxylation is 1. The van der Waals surface area contributed by atoms with Gasteiger partial charge >= 0.3 is 0 Å². The summed E-state index contributed by atoms with van der Waals surface area (Å²) in [5.74, 6) is -2.12. The van der Waals surface area contributed by atoms with E-state index in [4.69, 9.17) is 15.9 Å². The molecule has 0 aliphatic heterocycles. The Morgan fingerprint density at radius 3 is 2.52 bits per heavy atom. The molecule has 9 nitrogen and oxygen atoms in total. The molecular formula is C22H38FN5O4S. The molecule has 0 unspecified atom stereocenters. The second-order valence-electron chi connectivity index (χ2n) is 6.78. The summed E-state index contributed by atoms with van der Waals surface area (Å²) in [4.78, 5) is 16.9. The van der Waals surface area contributed by atoms with Crippen molar-refractivity contribution in [2.24, 2.45) is 0 Å². The van der Waals surface area contributed by atoms with Gasteiger partial charge in [0, 0.05) is 4.28 Å². The lowest BCUT2D eigenvalue weighted by atomic mass is 10.0. The highest BCUT2D eigenvalue weighted by molar-refractivity contribution is 7.92. The summed E-state index contributed by atoms with van der Waals surface area (Å²) in [5, 5.41) is 10.3. The number of hydrogen-bond donors (Lipinski definition) is 4. The molecule has 0 bridgehead atoms. The largest absolute Gasteiger partial charge is 0.481 e. The Morgan fingerprint density at radius 2 is 1.94 bits per heavy atom. The molecule has 188 valence electrons. The van der Waals surface area contributed by atoms with Crippen LogP contribution >= 0.6 is 0 Å².